The minimum absolute atomic E-state index is 0.102. The van der Waals surface area contributed by atoms with Gasteiger partial charge in [0.2, 0.25) is 11.2 Å². The molecule has 0 N–H and O–H groups in total. The predicted octanol–water partition coefficient (Wildman–Crippen LogP) is 5.68. The molecule has 0 spiro atoms. The number of hydrogen-bond acceptors (Lipinski definition) is 8. The summed E-state index contributed by atoms with van der Waals surface area (Å²) in [6, 6.07) is 10.8. The zero-order valence-corrected chi connectivity index (χ0v) is 19.4. The summed E-state index contributed by atoms with van der Waals surface area (Å²) in [5.74, 6) is 0.758. The van der Waals surface area contributed by atoms with E-state index in [1.54, 1.807) is 6.07 Å². The van der Waals surface area contributed by atoms with Crippen LogP contribution in [-0.2, 0) is 16.1 Å². The van der Waals surface area contributed by atoms with Crippen LogP contribution in [0.15, 0.2) is 51.0 Å². The number of fused-ring (bicyclic) bond motifs is 1. The Morgan fingerprint density at radius 1 is 1.15 bits per heavy atom. The van der Waals surface area contributed by atoms with Crippen LogP contribution >= 0.6 is 22.9 Å². The first-order valence-corrected chi connectivity index (χ1v) is 11.8. The van der Waals surface area contributed by atoms with Gasteiger partial charge in [-0.25, -0.2) is 9.97 Å². The summed E-state index contributed by atoms with van der Waals surface area (Å²) < 4.78 is 22.7. The molecule has 170 valence electrons. The standard InChI is InChI=1S/C24H21ClN2O5S/c1-29-23-20(28)11-16(12-31-21-4-2-3-9-30-21)32-22(23)19-13-33-24(27-19)18-7-5-14-10-15(25)6-8-17(14)26-18/h5-8,10-11,13,21H,2-4,9,12H2,1H3. The Bertz CT molecular complexity index is 1350. The fourth-order valence-electron chi connectivity index (χ4n) is 3.69. The van der Waals surface area contributed by atoms with Crippen molar-refractivity contribution >= 4 is 33.8 Å². The van der Waals surface area contributed by atoms with E-state index in [-0.39, 0.29) is 29.8 Å². The first-order valence-electron chi connectivity index (χ1n) is 10.6. The molecule has 33 heavy (non-hydrogen) atoms. The molecule has 7 nitrogen and oxygen atoms in total. The number of ether oxygens (including phenoxy) is 3. The highest BCUT2D eigenvalue weighted by atomic mass is 35.5. The summed E-state index contributed by atoms with van der Waals surface area (Å²) in [5.41, 5.74) is 1.74. The van der Waals surface area contributed by atoms with Gasteiger partial charge in [-0.2, -0.15) is 0 Å². The van der Waals surface area contributed by atoms with E-state index in [0.29, 0.717) is 28.1 Å². The molecule has 4 aromatic rings. The predicted molar refractivity (Wildman–Crippen MR) is 127 cm³/mol. The van der Waals surface area contributed by atoms with Gasteiger partial charge in [-0.1, -0.05) is 17.7 Å². The average Bonchev–Trinajstić information content (AvgIpc) is 3.33. The quantitative estimate of drug-likeness (QED) is 0.348. The highest BCUT2D eigenvalue weighted by Gasteiger charge is 2.20. The Hall–Kier alpha value is -2.78. The van der Waals surface area contributed by atoms with Crippen molar-refractivity contribution in [3.63, 3.8) is 0 Å². The Labute approximate surface area is 198 Å². The number of rotatable bonds is 6. The maximum absolute atomic E-state index is 12.6. The van der Waals surface area contributed by atoms with Crippen LogP contribution in [-0.4, -0.2) is 30.0 Å². The maximum atomic E-state index is 12.6. The van der Waals surface area contributed by atoms with Crippen LogP contribution in [0, 0.1) is 0 Å². The molecular formula is C24H21ClN2O5S. The molecule has 1 aliphatic heterocycles. The van der Waals surface area contributed by atoms with Crippen LogP contribution in [0.4, 0.5) is 0 Å². The van der Waals surface area contributed by atoms with E-state index >= 15 is 0 Å². The van der Waals surface area contributed by atoms with Crippen LogP contribution < -0.4 is 10.2 Å². The van der Waals surface area contributed by atoms with Crippen LogP contribution in [0.25, 0.3) is 33.1 Å². The van der Waals surface area contributed by atoms with Crippen molar-refractivity contribution in [2.45, 2.75) is 32.2 Å². The first kappa shape index (κ1) is 22.0. The van der Waals surface area contributed by atoms with Gasteiger partial charge in [0.15, 0.2) is 12.1 Å². The molecule has 1 unspecified atom stereocenters. The van der Waals surface area contributed by atoms with Crippen molar-refractivity contribution in [1.82, 2.24) is 9.97 Å². The van der Waals surface area contributed by atoms with Crippen molar-refractivity contribution < 1.29 is 18.6 Å². The lowest BCUT2D eigenvalue weighted by Gasteiger charge is -2.22. The van der Waals surface area contributed by atoms with Crippen molar-refractivity contribution in [2.75, 3.05) is 13.7 Å². The van der Waals surface area contributed by atoms with Crippen LogP contribution in [0.5, 0.6) is 5.75 Å². The fourth-order valence-corrected chi connectivity index (χ4v) is 4.64. The third-order valence-corrected chi connectivity index (χ3v) is 6.42. The van der Waals surface area contributed by atoms with Crippen molar-refractivity contribution in [1.29, 1.82) is 0 Å². The summed E-state index contributed by atoms with van der Waals surface area (Å²) in [6.07, 6.45) is 2.63. The zero-order chi connectivity index (χ0) is 22.8. The van der Waals surface area contributed by atoms with E-state index < -0.39 is 0 Å². The van der Waals surface area contributed by atoms with Gasteiger partial charge in [0, 0.05) is 28.5 Å². The molecule has 1 aliphatic rings. The molecule has 1 fully saturated rings. The fraction of sp³-hybridized carbons (Fsp3) is 0.292. The van der Waals surface area contributed by atoms with Gasteiger partial charge < -0.3 is 18.6 Å². The largest absolute Gasteiger partial charge is 0.490 e. The number of nitrogens with zero attached hydrogens (tertiary/aromatic N) is 2. The van der Waals surface area contributed by atoms with Crippen LogP contribution in [0.3, 0.4) is 0 Å². The number of aromatic nitrogens is 2. The van der Waals surface area contributed by atoms with Crippen molar-refractivity contribution in [3.05, 3.63) is 62.8 Å². The summed E-state index contributed by atoms with van der Waals surface area (Å²) in [4.78, 5) is 22.0. The highest BCUT2D eigenvalue weighted by Crippen LogP contribution is 2.33. The number of benzene rings is 1. The maximum Gasteiger partial charge on any atom is 0.227 e. The van der Waals surface area contributed by atoms with Gasteiger partial charge >= 0.3 is 0 Å². The molecule has 1 saturated heterocycles. The number of methoxy groups -OCH3 is 1. The average molecular weight is 485 g/mol. The molecule has 1 atom stereocenters. The minimum atomic E-state index is -0.294. The second-order valence-corrected chi connectivity index (χ2v) is 8.91. The Balaban J connectivity index is 1.44. The first-order chi connectivity index (χ1) is 16.1. The Morgan fingerprint density at radius 3 is 2.88 bits per heavy atom. The Kier molecular flexibility index (Phi) is 6.41. The van der Waals surface area contributed by atoms with E-state index in [0.717, 1.165) is 35.9 Å². The summed E-state index contributed by atoms with van der Waals surface area (Å²) in [5, 5.41) is 4.13. The normalized spacial score (nSPS) is 16.2. The van der Waals surface area contributed by atoms with Gasteiger partial charge in [-0.15, -0.1) is 11.3 Å². The summed E-state index contributed by atoms with van der Waals surface area (Å²) in [6.45, 7) is 0.808. The smallest absolute Gasteiger partial charge is 0.227 e. The third kappa shape index (κ3) is 4.79. The molecule has 5 rings (SSSR count). The van der Waals surface area contributed by atoms with E-state index in [9.17, 15) is 4.79 Å². The third-order valence-electron chi connectivity index (χ3n) is 5.32. The molecule has 0 saturated carbocycles. The molecular weight excluding hydrogens is 464 g/mol. The van der Waals surface area contributed by atoms with Crippen LogP contribution in [0.2, 0.25) is 5.02 Å². The second-order valence-electron chi connectivity index (χ2n) is 7.62. The minimum Gasteiger partial charge on any atom is -0.490 e. The summed E-state index contributed by atoms with van der Waals surface area (Å²) in [7, 11) is 1.44. The molecule has 4 heterocycles. The number of pyridine rings is 1. The van der Waals surface area contributed by atoms with E-state index in [1.165, 1.54) is 24.5 Å². The van der Waals surface area contributed by atoms with E-state index in [2.05, 4.69) is 9.97 Å². The number of hydrogen-bond donors (Lipinski definition) is 0. The van der Waals surface area contributed by atoms with Gasteiger partial charge in [0.1, 0.15) is 23.1 Å². The molecule has 0 radical (unpaired) electrons. The monoisotopic (exact) mass is 484 g/mol. The van der Waals surface area contributed by atoms with Gasteiger partial charge in [-0.3, -0.25) is 4.79 Å². The topological polar surface area (TPSA) is 83.7 Å². The molecule has 0 bridgehead atoms. The number of thiazole rings is 1. The van der Waals surface area contributed by atoms with Crippen molar-refractivity contribution in [2.24, 2.45) is 0 Å². The molecule has 1 aromatic carbocycles. The number of halogens is 1. The van der Waals surface area contributed by atoms with Gasteiger partial charge in [-0.05, 0) is 43.5 Å². The lowest BCUT2D eigenvalue weighted by molar-refractivity contribution is -0.171. The molecule has 0 aliphatic carbocycles. The Morgan fingerprint density at radius 2 is 2.06 bits per heavy atom. The summed E-state index contributed by atoms with van der Waals surface area (Å²) >= 11 is 7.47. The lowest BCUT2D eigenvalue weighted by Crippen LogP contribution is -2.22. The van der Waals surface area contributed by atoms with Gasteiger partial charge in [0.25, 0.3) is 0 Å². The van der Waals surface area contributed by atoms with E-state index in [4.69, 9.17) is 30.2 Å². The SMILES string of the molecule is COc1c(-c2csc(-c3ccc4cc(Cl)ccc4n3)n2)oc(COC2CCCCO2)cc1=O. The van der Waals surface area contributed by atoms with Crippen LogP contribution in [0.1, 0.15) is 25.0 Å². The van der Waals surface area contributed by atoms with Gasteiger partial charge in [0.05, 0.1) is 18.3 Å². The van der Waals surface area contributed by atoms with Crippen molar-refractivity contribution in [3.8, 4) is 27.9 Å². The zero-order valence-electron chi connectivity index (χ0n) is 17.9. The van der Waals surface area contributed by atoms with E-state index in [1.807, 2.05) is 29.6 Å². The lowest BCUT2D eigenvalue weighted by atomic mass is 10.2. The highest BCUT2D eigenvalue weighted by molar-refractivity contribution is 7.13. The molecule has 9 heteroatoms. The molecule has 0 amide bonds. The molecule has 3 aromatic heterocycles. The second kappa shape index (κ2) is 9.61.